The van der Waals surface area contributed by atoms with Crippen LogP contribution >= 0.6 is 0 Å². The molecule has 414 valence electrons. The standard InChI is InChI=1S/C23H25N3O2.C23H27N3O.C21H20N4O/c1-14-11-19(15(2)26(14)17-5-3-16(12-24)4-6-17)22(27)13-25-20-7-8-21(25)23-18(20)9-10-28-23;1-14-11-20(17(4)26(14)19-7-5-18(12-24)6-8-19)23(27)13-25-21-9-10-22(25)16(3)15(21)2;1-14-20(21(26)13-24-16-6-7-17(24)9-8-16)10-19(12-23)25(14)18-4-2-15(11-22)3-5-18/h3-6,11,18,20-21,23H,7-10,13H2,1-2H3;5-8,11,15-16,21-22H,9-10,13H2,1-4H3;2-5,10,16-17H,6-9,13H2,1H3/t18-,20?,21?,23-;15-,16+,21?,22?;/m1../s1. The van der Waals surface area contributed by atoms with Crippen molar-refractivity contribution in [3.63, 3.8) is 0 Å². The summed E-state index contributed by atoms with van der Waals surface area (Å²) in [6.07, 6.45) is 11.1. The number of aromatic nitrogens is 3. The van der Waals surface area contributed by atoms with E-state index >= 15 is 0 Å². The van der Waals surface area contributed by atoms with Crippen molar-refractivity contribution in [3.05, 3.63) is 159 Å². The minimum absolute atomic E-state index is 0.0881. The van der Waals surface area contributed by atoms with Crippen LogP contribution < -0.4 is 0 Å². The second kappa shape index (κ2) is 22.7. The minimum Gasteiger partial charge on any atom is -0.376 e. The number of rotatable bonds is 12. The first-order valence-electron chi connectivity index (χ1n) is 29.1. The second-order valence-corrected chi connectivity index (χ2v) is 23.9. The summed E-state index contributed by atoms with van der Waals surface area (Å²) in [4.78, 5) is 46.6. The van der Waals surface area contributed by atoms with E-state index in [1.54, 1.807) is 34.9 Å². The van der Waals surface area contributed by atoms with Crippen molar-refractivity contribution in [1.29, 1.82) is 21.0 Å². The van der Waals surface area contributed by atoms with E-state index in [2.05, 4.69) is 62.0 Å². The van der Waals surface area contributed by atoms with Crippen molar-refractivity contribution in [3.8, 4) is 41.3 Å². The molecular formula is C67H72N10O4. The summed E-state index contributed by atoms with van der Waals surface area (Å²) in [5, 5.41) is 36.5. The van der Waals surface area contributed by atoms with Gasteiger partial charge < -0.3 is 18.4 Å². The lowest BCUT2D eigenvalue weighted by Gasteiger charge is -2.23. The predicted molar refractivity (Wildman–Crippen MR) is 309 cm³/mol. The summed E-state index contributed by atoms with van der Waals surface area (Å²) in [6.45, 7) is 17.0. The van der Waals surface area contributed by atoms with Crippen molar-refractivity contribution in [1.82, 2.24) is 28.4 Å². The van der Waals surface area contributed by atoms with Crippen molar-refractivity contribution in [2.45, 2.75) is 149 Å². The molecule has 4 unspecified atom stereocenters. The van der Waals surface area contributed by atoms with E-state index in [4.69, 9.17) is 20.5 Å². The highest BCUT2D eigenvalue weighted by atomic mass is 16.5. The zero-order valence-corrected chi connectivity index (χ0v) is 47.7. The van der Waals surface area contributed by atoms with Gasteiger partial charge in [0.05, 0.1) is 60.6 Å². The van der Waals surface area contributed by atoms with E-state index in [9.17, 15) is 19.6 Å². The Labute approximate surface area is 476 Å². The zero-order chi connectivity index (χ0) is 57.0. The maximum absolute atomic E-state index is 13.2. The monoisotopic (exact) mass is 1080 g/mol. The Hall–Kier alpha value is -7.69. The van der Waals surface area contributed by atoms with Crippen molar-refractivity contribution >= 4 is 17.3 Å². The fourth-order valence-electron chi connectivity index (χ4n) is 15.7. The van der Waals surface area contributed by atoms with Gasteiger partial charge in [0.2, 0.25) is 0 Å². The number of Topliss-reactive ketones (excluding diaryl/α,β-unsaturated/α-hetero) is 3. The molecule has 7 aliphatic heterocycles. The van der Waals surface area contributed by atoms with Crippen molar-refractivity contribution in [2.24, 2.45) is 17.8 Å². The van der Waals surface area contributed by atoms with Crippen LogP contribution in [0.1, 0.15) is 154 Å². The number of nitriles is 4. The van der Waals surface area contributed by atoms with Crippen molar-refractivity contribution in [2.75, 3.05) is 26.2 Å². The average molecular weight is 1080 g/mol. The number of nitrogens with zero attached hydrogens (tertiary/aromatic N) is 10. The predicted octanol–water partition coefficient (Wildman–Crippen LogP) is 11.0. The number of hydrogen-bond acceptors (Lipinski definition) is 11. The maximum atomic E-state index is 13.2. The SMILES string of the molecule is Cc1c(C(=O)CN2C3CCC2CC3)cc(C#N)n1-c1ccc(C#N)cc1.Cc1cc(C(=O)CN2C3CCC2[C@@H]2OCC[C@H]32)c(C)n1-c1ccc(C#N)cc1.Cc1cc(C(=O)CN2C3CCC2[C@H](C)[C@@H]3C)c(C)n1-c1ccc(C#N)cc1. The molecule has 3 aromatic carbocycles. The highest BCUT2D eigenvalue weighted by Gasteiger charge is 2.56. The van der Waals surface area contributed by atoms with Crippen LogP contribution in [0.25, 0.3) is 17.1 Å². The maximum Gasteiger partial charge on any atom is 0.178 e. The molecule has 7 fully saturated rings. The van der Waals surface area contributed by atoms with Gasteiger partial charge in [-0.05, 0) is 195 Å². The number of benzene rings is 3. The minimum atomic E-state index is 0.0881. The van der Waals surface area contributed by atoms with Crippen LogP contribution in [0, 0.1) is 97.7 Å². The lowest BCUT2D eigenvalue weighted by molar-refractivity contribution is 0.0593. The Bertz CT molecular complexity index is 3520. The molecule has 81 heavy (non-hydrogen) atoms. The van der Waals surface area contributed by atoms with E-state index in [0.29, 0.717) is 108 Å². The van der Waals surface area contributed by atoms with Gasteiger partial charge in [0.25, 0.3) is 0 Å². The van der Waals surface area contributed by atoms with Crippen LogP contribution in [0.2, 0.25) is 0 Å². The first-order chi connectivity index (χ1) is 39.1. The Morgan fingerprint density at radius 2 is 0.827 bits per heavy atom. The molecule has 6 bridgehead atoms. The van der Waals surface area contributed by atoms with Crippen LogP contribution in [-0.4, -0.2) is 114 Å². The van der Waals surface area contributed by atoms with Gasteiger partial charge in [0.15, 0.2) is 17.3 Å². The molecule has 0 aliphatic carbocycles. The number of ether oxygens (including phenoxy) is 1. The van der Waals surface area contributed by atoms with Gasteiger partial charge in [0, 0.05) is 111 Å². The number of ketones is 3. The quantitative estimate of drug-likeness (QED) is 0.106. The molecule has 14 nitrogen and oxygen atoms in total. The fraction of sp³-hybridized carbons (Fsp3) is 0.448. The highest BCUT2D eigenvalue weighted by molar-refractivity contribution is 6.00. The van der Waals surface area contributed by atoms with Gasteiger partial charge in [-0.3, -0.25) is 29.1 Å². The number of fused-ring (bicyclic) bond motifs is 9. The van der Waals surface area contributed by atoms with Crippen molar-refractivity contribution < 1.29 is 19.1 Å². The molecule has 7 aliphatic rings. The van der Waals surface area contributed by atoms with Crippen LogP contribution in [0.4, 0.5) is 0 Å². The van der Waals surface area contributed by atoms with Gasteiger partial charge in [-0.1, -0.05) is 13.8 Å². The first kappa shape index (κ1) is 55.2. The summed E-state index contributed by atoms with van der Waals surface area (Å²) < 4.78 is 12.0. The first-order valence-corrected chi connectivity index (χ1v) is 29.1. The van der Waals surface area contributed by atoms with Crippen LogP contribution in [0.5, 0.6) is 0 Å². The van der Waals surface area contributed by atoms with E-state index in [1.807, 2.05) is 95.3 Å². The van der Waals surface area contributed by atoms with Gasteiger partial charge in [-0.2, -0.15) is 21.0 Å². The summed E-state index contributed by atoms with van der Waals surface area (Å²) in [7, 11) is 0. The Morgan fingerprint density at radius 3 is 1.25 bits per heavy atom. The molecule has 8 atom stereocenters. The molecular weight excluding hydrogens is 1010 g/mol. The van der Waals surface area contributed by atoms with E-state index in [1.165, 1.54) is 44.9 Å². The molecule has 6 aromatic rings. The summed E-state index contributed by atoms with van der Waals surface area (Å²) in [5.74, 6) is 2.50. The molecule has 14 heteroatoms. The summed E-state index contributed by atoms with van der Waals surface area (Å²) in [6, 6.07) is 39.6. The van der Waals surface area contributed by atoms with Gasteiger partial charge in [-0.25, -0.2) is 0 Å². The summed E-state index contributed by atoms with van der Waals surface area (Å²) in [5.41, 5.74) is 12.1. The molecule has 13 rings (SSSR count). The van der Waals surface area contributed by atoms with E-state index in [-0.39, 0.29) is 17.3 Å². The van der Waals surface area contributed by atoms with E-state index < -0.39 is 0 Å². The molecule has 10 heterocycles. The number of carbonyl (C=O) groups excluding carboxylic acids is 3. The third-order valence-corrected chi connectivity index (χ3v) is 19.8. The molecule has 0 saturated carbocycles. The molecule has 3 aromatic heterocycles. The Morgan fingerprint density at radius 1 is 0.457 bits per heavy atom. The van der Waals surface area contributed by atoms with E-state index in [0.717, 1.165) is 76.1 Å². The molecule has 0 spiro atoms. The summed E-state index contributed by atoms with van der Waals surface area (Å²) >= 11 is 0. The van der Waals surface area contributed by atoms with Gasteiger partial charge in [-0.15, -0.1) is 0 Å². The largest absolute Gasteiger partial charge is 0.376 e. The van der Waals surface area contributed by atoms with Crippen LogP contribution in [0.3, 0.4) is 0 Å². The molecule has 0 N–H and O–H groups in total. The average Bonchev–Trinajstić information content (AvgIpc) is 4.59. The lowest BCUT2D eigenvalue weighted by Crippen LogP contribution is -2.37. The topological polar surface area (TPSA) is 180 Å². The number of carbonyl (C=O) groups is 3. The van der Waals surface area contributed by atoms with Crippen LogP contribution in [-0.2, 0) is 4.74 Å². The second-order valence-electron chi connectivity index (χ2n) is 23.9. The lowest BCUT2D eigenvalue weighted by atomic mass is 9.82. The highest BCUT2D eigenvalue weighted by Crippen LogP contribution is 2.48. The van der Waals surface area contributed by atoms with Gasteiger partial charge >= 0.3 is 0 Å². The van der Waals surface area contributed by atoms with Crippen LogP contribution in [0.15, 0.2) is 91.0 Å². The Balaban J connectivity index is 0.000000128. The molecule has 0 radical (unpaired) electrons. The van der Waals surface area contributed by atoms with Gasteiger partial charge in [0.1, 0.15) is 11.8 Å². The third kappa shape index (κ3) is 10.1. The number of aryl methyl sites for hydroxylation is 2. The smallest absolute Gasteiger partial charge is 0.178 e. The fourth-order valence-corrected chi connectivity index (χ4v) is 15.7. The Kier molecular flexibility index (Phi) is 15.5. The number of hydrogen-bond donors (Lipinski definition) is 0. The third-order valence-electron chi connectivity index (χ3n) is 19.8. The molecule has 7 saturated heterocycles. The zero-order valence-electron chi connectivity index (χ0n) is 47.7. The normalized spacial score (nSPS) is 25.8. The molecule has 0 amide bonds.